The molecule has 1 aliphatic rings. The largest absolute Gasteiger partial charge is 0.496 e. The van der Waals surface area contributed by atoms with E-state index in [2.05, 4.69) is 19.2 Å². The van der Waals surface area contributed by atoms with Crippen LogP contribution in [0, 0.1) is 5.92 Å². The Hall–Kier alpha value is -2.04. The van der Waals surface area contributed by atoms with E-state index in [1.807, 2.05) is 24.3 Å². The van der Waals surface area contributed by atoms with Crippen LogP contribution in [0.4, 0.5) is 0 Å². The van der Waals surface area contributed by atoms with Crippen LogP contribution in [0.2, 0.25) is 0 Å². The van der Waals surface area contributed by atoms with Crippen LogP contribution in [0.1, 0.15) is 45.1 Å². The molecule has 1 fully saturated rings. The van der Waals surface area contributed by atoms with Crippen molar-refractivity contribution in [3.05, 3.63) is 29.8 Å². The fourth-order valence-corrected chi connectivity index (χ4v) is 3.13. The first-order chi connectivity index (χ1) is 11.5. The van der Waals surface area contributed by atoms with Crippen molar-refractivity contribution >= 4 is 11.8 Å². The second-order valence-electron chi connectivity index (χ2n) is 6.72. The predicted molar refractivity (Wildman–Crippen MR) is 93.6 cm³/mol. The Morgan fingerprint density at radius 3 is 2.71 bits per heavy atom. The summed E-state index contributed by atoms with van der Waals surface area (Å²) in [6.45, 7) is 5.24. The third-order valence-electron chi connectivity index (χ3n) is 4.38. The molecule has 0 saturated carbocycles. The van der Waals surface area contributed by atoms with E-state index in [1.54, 1.807) is 12.0 Å². The van der Waals surface area contributed by atoms with Crippen molar-refractivity contribution in [1.29, 1.82) is 0 Å². The highest BCUT2D eigenvalue weighted by molar-refractivity contribution is 5.88. The summed E-state index contributed by atoms with van der Waals surface area (Å²) >= 11 is 0. The fourth-order valence-electron chi connectivity index (χ4n) is 3.13. The van der Waals surface area contributed by atoms with Crippen molar-refractivity contribution in [3.8, 4) is 5.75 Å². The number of nitrogens with zero attached hydrogens (tertiary/aromatic N) is 1. The van der Waals surface area contributed by atoms with Gasteiger partial charge in [0.2, 0.25) is 11.8 Å². The molecule has 1 atom stereocenters. The molecule has 0 bridgehead atoms. The minimum absolute atomic E-state index is 0.0788. The molecule has 2 amide bonds. The lowest BCUT2D eigenvalue weighted by atomic mass is 9.98. The second kappa shape index (κ2) is 8.71. The first-order valence-corrected chi connectivity index (χ1v) is 8.72. The van der Waals surface area contributed by atoms with Crippen molar-refractivity contribution in [2.24, 2.45) is 5.92 Å². The molecule has 0 aliphatic carbocycles. The van der Waals surface area contributed by atoms with Gasteiger partial charge in [-0.05, 0) is 31.2 Å². The first-order valence-electron chi connectivity index (χ1n) is 8.72. The highest BCUT2D eigenvalue weighted by atomic mass is 16.5. The summed E-state index contributed by atoms with van der Waals surface area (Å²) in [5, 5.41) is 2.98. The van der Waals surface area contributed by atoms with Crippen LogP contribution in [0.3, 0.4) is 0 Å². The second-order valence-corrected chi connectivity index (χ2v) is 6.72. The van der Waals surface area contributed by atoms with Gasteiger partial charge in [-0.2, -0.15) is 0 Å². The summed E-state index contributed by atoms with van der Waals surface area (Å²) in [7, 11) is 1.62. The smallest absolute Gasteiger partial charge is 0.243 e. The van der Waals surface area contributed by atoms with Gasteiger partial charge in [-0.3, -0.25) is 9.59 Å². The number of amides is 2. The minimum Gasteiger partial charge on any atom is -0.496 e. The molecule has 1 aliphatic heterocycles. The molecule has 1 aromatic carbocycles. The Kier molecular flexibility index (Phi) is 6.64. The van der Waals surface area contributed by atoms with Crippen LogP contribution >= 0.6 is 0 Å². The zero-order chi connectivity index (χ0) is 17.5. The molecule has 2 rings (SSSR count). The van der Waals surface area contributed by atoms with Gasteiger partial charge in [0.25, 0.3) is 0 Å². The van der Waals surface area contributed by atoms with Crippen LogP contribution in [0.5, 0.6) is 5.75 Å². The molecule has 1 aromatic rings. The SMILES string of the molecule is COc1ccccc1CNC(=O)[C@H](CC(C)C)N1CCCCC1=O. The molecule has 1 saturated heterocycles. The fraction of sp³-hybridized carbons (Fsp3) is 0.579. The van der Waals surface area contributed by atoms with Gasteiger partial charge in [-0.1, -0.05) is 32.0 Å². The first kappa shape index (κ1) is 18.3. The molecule has 0 aromatic heterocycles. The number of rotatable bonds is 7. The normalized spacial score (nSPS) is 16.2. The number of carbonyl (C=O) groups is 2. The van der Waals surface area contributed by atoms with Gasteiger partial charge in [-0.15, -0.1) is 0 Å². The molecule has 5 heteroatoms. The number of likely N-dealkylation sites (tertiary alicyclic amines) is 1. The van der Waals surface area contributed by atoms with Crippen molar-refractivity contribution < 1.29 is 14.3 Å². The number of hydrogen-bond donors (Lipinski definition) is 1. The summed E-state index contributed by atoms with van der Waals surface area (Å²) in [6.07, 6.45) is 3.13. The zero-order valence-electron chi connectivity index (χ0n) is 14.9. The Morgan fingerprint density at radius 2 is 2.04 bits per heavy atom. The van der Waals surface area contributed by atoms with E-state index in [0.717, 1.165) is 24.2 Å². The van der Waals surface area contributed by atoms with Gasteiger partial charge in [0.1, 0.15) is 11.8 Å². The van der Waals surface area contributed by atoms with Gasteiger partial charge in [0, 0.05) is 25.1 Å². The van der Waals surface area contributed by atoms with Crippen LogP contribution in [0.15, 0.2) is 24.3 Å². The van der Waals surface area contributed by atoms with Crippen molar-refractivity contribution in [1.82, 2.24) is 10.2 Å². The Labute approximate surface area is 144 Å². The highest BCUT2D eigenvalue weighted by Crippen LogP contribution is 2.20. The lowest BCUT2D eigenvalue weighted by molar-refractivity contribution is -0.143. The summed E-state index contributed by atoms with van der Waals surface area (Å²) in [4.78, 5) is 26.7. The Bertz CT molecular complexity index is 571. The summed E-state index contributed by atoms with van der Waals surface area (Å²) < 4.78 is 5.32. The van der Waals surface area contributed by atoms with E-state index in [0.29, 0.717) is 31.8 Å². The average Bonchev–Trinajstić information content (AvgIpc) is 2.58. The Morgan fingerprint density at radius 1 is 1.29 bits per heavy atom. The van der Waals surface area contributed by atoms with E-state index in [4.69, 9.17) is 4.74 Å². The maximum atomic E-state index is 12.8. The van der Waals surface area contributed by atoms with Gasteiger partial charge < -0.3 is 15.0 Å². The van der Waals surface area contributed by atoms with E-state index < -0.39 is 0 Å². The van der Waals surface area contributed by atoms with Crippen LogP contribution in [-0.4, -0.2) is 36.4 Å². The van der Waals surface area contributed by atoms with Gasteiger partial charge in [0.15, 0.2) is 0 Å². The molecule has 1 N–H and O–H groups in total. The molecule has 0 spiro atoms. The molecule has 24 heavy (non-hydrogen) atoms. The lowest BCUT2D eigenvalue weighted by Gasteiger charge is -2.34. The molecular formula is C19H28N2O3. The molecular weight excluding hydrogens is 304 g/mol. The minimum atomic E-state index is -0.382. The quantitative estimate of drug-likeness (QED) is 0.835. The number of piperidine rings is 1. The number of nitrogens with one attached hydrogen (secondary N) is 1. The average molecular weight is 332 g/mol. The highest BCUT2D eigenvalue weighted by Gasteiger charge is 2.31. The molecule has 0 unspecified atom stereocenters. The van der Waals surface area contributed by atoms with Crippen LogP contribution in [-0.2, 0) is 16.1 Å². The molecule has 5 nitrogen and oxygen atoms in total. The summed E-state index contributed by atoms with van der Waals surface area (Å²) in [6, 6.07) is 7.25. The summed E-state index contributed by atoms with van der Waals surface area (Å²) in [5.74, 6) is 1.12. The number of methoxy groups -OCH3 is 1. The monoisotopic (exact) mass is 332 g/mol. The van der Waals surface area contributed by atoms with Gasteiger partial charge in [0.05, 0.1) is 7.11 Å². The zero-order valence-corrected chi connectivity index (χ0v) is 14.9. The standard InChI is InChI=1S/C19H28N2O3/c1-14(2)12-16(21-11-7-6-10-18(21)22)19(23)20-13-15-8-4-5-9-17(15)24-3/h4-5,8-9,14,16H,6-7,10-13H2,1-3H3,(H,20,23)/t16-/m0/s1. The van der Waals surface area contributed by atoms with Crippen molar-refractivity contribution in [2.75, 3.05) is 13.7 Å². The number of benzene rings is 1. The lowest BCUT2D eigenvalue weighted by Crippen LogP contribution is -2.51. The molecule has 132 valence electrons. The van der Waals surface area contributed by atoms with Crippen molar-refractivity contribution in [3.63, 3.8) is 0 Å². The molecule has 0 radical (unpaired) electrons. The third-order valence-corrected chi connectivity index (χ3v) is 4.38. The number of para-hydroxylation sites is 1. The maximum Gasteiger partial charge on any atom is 0.243 e. The third kappa shape index (κ3) is 4.73. The predicted octanol–water partition coefficient (Wildman–Crippen LogP) is 2.74. The maximum absolute atomic E-state index is 12.8. The van der Waals surface area contributed by atoms with Crippen LogP contribution < -0.4 is 10.1 Å². The van der Waals surface area contributed by atoms with Crippen LogP contribution in [0.25, 0.3) is 0 Å². The van der Waals surface area contributed by atoms with Gasteiger partial charge >= 0.3 is 0 Å². The van der Waals surface area contributed by atoms with E-state index in [9.17, 15) is 9.59 Å². The number of ether oxygens (including phenoxy) is 1. The molecule has 1 heterocycles. The van der Waals surface area contributed by atoms with E-state index in [-0.39, 0.29) is 17.9 Å². The van der Waals surface area contributed by atoms with E-state index in [1.165, 1.54) is 0 Å². The van der Waals surface area contributed by atoms with Crippen molar-refractivity contribution in [2.45, 2.75) is 52.1 Å². The van der Waals surface area contributed by atoms with Gasteiger partial charge in [-0.25, -0.2) is 0 Å². The number of carbonyl (C=O) groups excluding carboxylic acids is 2. The number of hydrogen-bond acceptors (Lipinski definition) is 3. The Balaban J connectivity index is 2.05. The van der Waals surface area contributed by atoms with E-state index >= 15 is 0 Å². The summed E-state index contributed by atoms with van der Waals surface area (Å²) in [5.41, 5.74) is 0.932. The topological polar surface area (TPSA) is 58.6 Å².